The molecule has 0 unspecified atom stereocenters. The Morgan fingerprint density at radius 3 is 1.18 bits per heavy atom. The quantitative estimate of drug-likeness (QED) is 0.0546. The summed E-state index contributed by atoms with van der Waals surface area (Å²) in [6, 6.07) is 0. The van der Waals surface area contributed by atoms with Crippen molar-refractivity contribution in [1.82, 2.24) is 0 Å². The normalized spacial score (nSPS) is 12.1. The fraction of sp³-hybridized carbons (Fsp3) is 0.950. The Kier molecular flexibility index (Phi) is 34.9. The molecule has 0 aromatic carbocycles. The first-order chi connectivity index (χ1) is 22.0. The highest BCUT2D eigenvalue weighted by Crippen LogP contribution is 2.16. The molecule has 5 nitrogen and oxygen atoms in total. The van der Waals surface area contributed by atoms with E-state index in [1.54, 1.807) is 0 Å². The number of hydrogen-bond donors (Lipinski definition) is 1. The van der Waals surface area contributed by atoms with Gasteiger partial charge in [-0.15, -0.1) is 0 Å². The van der Waals surface area contributed by atoms with Crippen LogP contribution in [0.4, 0.5) is 0 Å². The first-order valence-electron chi connectivity index (χ1n) is 20.0. The second kappa shape index (κ2) is 35.7. The minimum Gasteiger partial charge on any atom is -0.462 e. The zero-order chi connectivity index (χ0) is 33.1. The second-order valence-corrected chi connectivity index (χ2v) is 14.2. The van der Waals surface area contributed by atoms with Gasteiger partial charge in [0.25, 0.3) is 0 Å². The van der Waals surface area contributed by atoms with Gasteiger partial charge in [0.1, 0.15) is 6.61 Å². The maximum Gasteiger partial charge on any atom is 0.306 e. The van der Waals surface area contributed by atoms with Crippen molar-refractivity contribution < 1.29 is 24.2 Å². The Hall–Kier alpha value is -1.10. The smallest absolute Gasteiger partial charge is 0.306 e. The van der Waals surface area contributed by atoms with E-state index in [9.17, 15) is 14.7 Å². The highest BCUT2D eigenvalue weighted by molar-refractivity contribution is 5.70. The number of rotatable bonds is 36. The summed E-state index contributed by atoms with van der Waals surface area (Å²) in [5.41, 5.74) is 0. The lowest BCUT2D eigenvalue weighted by atomic mass is 10.0. The third kappa shape index (κ3) is 35.6. The van der Waals surface area contributed by atoms with Crippen molar-refractivity contribution in [2.75, 3.05) is 13.2 Å². The number of carbonyl (C=O) groups excluding carboxylic acids is 2. The first kappa shape index (κ1) is 43.9. The standard InChI is InChI=1S/C40H78O5/c1-4-5-6-7-8-9-10-18-21-24-27-30-33-39(42)44-36-38(35-41)45-40(43)34-31-28-25-22-19-16-14-12-11-13-15-17-20-23-26-29-32-37(2)3/h37-38,41H,4-36H2,1-3H3/t38-/m0/s1. The van der Waals surface area contributed by atoms with E-state index in [4.69, 9.17) is 9.47 Å². The molecule has 268 valence electrons. The molecular weight excluding hydrogens is 560 g/mol. The van der Waals surface area contributed by atoms with Crippen molar-refractivity contribution in [3.8, 4) is 0 Å². The van der Waals surface area contributed by atoms with Gasteiger partial charge in [-0.05, 0) is 18.8 Å². The molecule has 0 aliphatic rings. The fourth-order valence-electron chi connectivity index (χ4n) is 6.03. The molecule has 0 amide bonds. The van der Waals surface area contributed by atoms with Crippen molar-refractivity contribution in [1.29, 1.82) is 0 Å². The van der Waals surface area contributed by atoms with Crippen LogP contribution in [0.5, 0.6) is 0 Å². The van der Waals surface area contributed by atoms with Crippen LogP contribution in [-0.4, -0.2) is 36.4 Å². The Bertz CT molecular complexity index is 620. The predicted molar refractivity (Wildman–Crippen MR) is 192 cm³/mol. The van der Waals surface area contributed by atoms with Crippen LogP contribution < -0.4 is 0 Å². The van der Waals surface area contributed by atoms with E-state index in [-0.39, 0.29) is 25.2 Å². The van der Waals surface area contributed by atoms with Gasteiger partial charge in [-0.2, -0.15) is 0 Å². The molecule has 1 atom stereocenters. The van der Waals surface area contributed by atoms with Gasteiger partial charge < -0.3 is 14.6 Å². The largest absolute Gasteiger partial charge is 0.462 e. The van der Waals surface area contributed by atoms with Crippen molar-refractivity contribution >= 4 is 11.9 Å². The zero-order valence-electron chi connectivity index (χ0n) is 30.6. The van der Waals surface area contributed by atoms with Gasteiger partial charge in [0.2, 0.25) is 0 Å². The maximum absolute atomic E-state index is 12.2. The highest BCUT2D eigenvalue weighted by Gasteiger charge is 2.16. The van der Waals surface area contributed by atoms with Gasteiger partial charge in [-0.1, -0.05) is 194 Å². The molecular formula is C40H78O5. The molecule has 0 bridgehead atoms. The molecule has 0 saturated heterocycles. The van der Waals surface area contributed by atoms with Gasteiger partial charge >= 0.3 is 11.9 Å². The van der Waals surface area contributed by atoms with Crippen LogP contribution >= 0.6 is 0 Å². The summed E-state index contributed by atoms with van der Waals surface area (Å²) in [5, 5.41) is 9.54. The van der Waals surface area contributed by atoms with Crippen LogP contribution in [0.2, 0.25) is 0 Å². The Morgan fingerprint density at radius 1 is 0.489 bits per heavy atom. The van der Waals surface area contributed by atoms with Crippen LogP contribution in [0.1, 0.15) is 220 Å². The molecule has 1 N–H and O–H groups in total. The van der Waals surface area contributed by atoms with Crippen molar-refractivity contribution in [3.63, 3.8) is 0 Å². The van der Waals surface area contributed by atoms with E-state index in [0.717, 1.165) is 38.0 Å². The van der Waals surface area contributed by atoms with E-state index >= 15 is 0 Å². The number of carbonyl (C=O) groups is 2. The minimum atomic E-state index is -0.761. The van der Waals surface area contributed by atoms with Crippen LogP contribution in [0.25, 0.3) is 0 Å². The predicted octanol–water partition coefficient (Wildman–Crippen LogP) is 12.2. The molecule has 0 spiro atoms. The average Bonchev–Trinajstić information content (AvgIpc) is 3.02. The maximum atomic E-state index is 12.2. The number of aliphatic hydroxyl groups excluding tert-OH is 1. The molecule has 0 aromatic heterocycles. The summed E-state index contributed by atoms with van der Waals surface area (Å²) >= 11 is 0. The van der Waals surface area contributed by atoms with Gasteiger partial charge in [0.05, 0.1) is 6.61 Å². The summed E-state index contributed by atoms with van der Waals surface area (Å²) in [6.07, 6.45) is 37.3. The van der Waals surface area contributed by atoms with Crippen LogP contribution in [0, 0.1) is 5.92 Å². The Morgan fingerprint density at radius 2 is 0.822 bits per heavy atom. The molecule has 45 heavy (non-hydrogen) atoms. The second-order valence-electron chi connectivity index (χ2n) is 14.2. The third-order valence-electron chi connectivity index (χ3n) is 9.08. The Labute approximate surface area is 280 Å². The van der Waals surface area contributed by atoms with Crippen LogP contribution in [0.3, 0.4) is 0 Å². The molecule has 0 radical (unpaired) electrons. The van der Waals surface area contributed by atoms with Gasteiger partial charge in [-0.25, -0.2) is 0 Å². The van der Waals surface area contributed by atoms with Gasteiger partial charge in [0, 0.05) is 12.8 Å². The summed E-state index contributed by atoms with van der Waals surface area (Å²) in [5.74, 6) is 0.282. The summed E-state index contributed by atoms with van der Waals surface area (Å²) in [6.45, 7) is 6.52. The molecule has 0 saturated carbocycles. The fourth-order valence-corrected chi connectivity index (χ4v) is 6.03. The number of unbranched alkanes of at least 4 members (excludes halogenated alkanes) is 26. The number of aliphatic hydroxyl groups is 1. The SMILES string of the molecule is CCCCCCCCCCCCCCC(=O)OC[C@H](CO)OC(=O)CCCCCCCCCCCCCCCCCCC(C)C. The number of hydrogen-bond acceptors (Lipinski definition) is 5. The van der Waals surface area contributed by atoms with E-state index in [0.29, 0.717) is 12.8 Å². The lowest BCUT2D eigenvalue weighted by Gasteiger charge is -2.15. The van der Waals surface area contributed by atoms with Gasteiger partial charge in [-0.3, -0.25) is 9.59 Å². The average molecular weight is 639 g/mol. The molecule has 0 aliphatic heterocycles. The molecule has 0 rings (SSSR count). The molecule has 0 fully saturated rings. The van der Waals surface area contributed by atoms with Crippen molar-refractivity contribution in [2.45, 2.75) is 226 Å². The molecule has 0 aromatic rings. The summed E-state index contributed by atoms with van der Waals surface area (Å²) < 4.78 is 10.6. The molecule has 0 heterocycles. The molecule has 0 aliphatic carbocycles. The third-order valence-corrected chi connectivity index (χ3v) is 9.08. The monoisotopic (exact) mass is 639 g/mol. The van der Waals surface area contributed by atoms with E-state index in [1.165, 1.54) is 154 Å². The Balaban J connectivity index is 3.48. The van der Waals surface area contributed by atoms with Crippen LogP contribution in [-0.2, 0) is 19.1 Å². The van der Waals surface area contributed by atoms with Crippen molar-refractivity contribution in [3.05, 3.63) is 0 Å². The lowest BCUT2D eigenvalue weighted by molar-refractivity contribution is -0.161. The number of esters is 2. The van der Waals surface area contributed by atoms with E-state index < -0.39 is 6.10 Å². The summed E-state index contributed by atoms with van der Waals surface area (Å²) in [7, 11) is 0. The lowest BCUT2D eigenvalue weighted by Crippen LogP contribution is -2.28. The van der Waals surface area contributed by atoms with E-state index in [2.05, 4.69) is 20.8 Å². The van der Waals surface area contributed by atoms with Crippen molar-refractivity contribution in [2.24, 2.45) is 5.92 Å². The van der Waals surface area contributed by atoms with Crippen LogP contribution in [0.15, 0.2) is 0 Å². The summed E-state index contributed by atoms with van der Waals surface area (Å²) in [4.78, 5) is 24.2. The zero-order valence-corrected chi connectivity index (χ0v) is 30.6. The number of ether oxygens (including phenoxy) is 2. The molecule has 5 heteroatoms. The van der Waals surface area contributed by atoms with Gasteiger partial charge in [0.15, 0.2) is 6.10 Å². The highest BCUT2D eigenvalue weighted by atomic mass is 16.6. The topological polar surface area (TPSA) is 72.8 Å². The minimum absolute atomic E-state index is 0.0576. The first-order valence-corrected chi connectivity index (χ1v) is 20.0. The van der Waals surface area contributed by atoms with E-state index in [1.807, 2.05) is 0 Å².